The maximum absolute atomic E-state index is 13.1. The molecule has 0 unspecified atom stereocenters. The third kappa shape index (κ3) is 3.72. The molecule has 2 aromatic heterocycles. The van der Waals surface area contributed by atoms with Crippen LogP contribution in [0, 0.1) is 0 Å². The summed E-state index contributed by atoms with van der Waals surface area (Å²) < 4.78 is 47.0. The van der Waals surface area contributed by atoms with Gasteiger partial charge in [-0.25, -0.2) is 4.98 Å². The van der Waals surface area contributed by atoms with Crippen LogP contribution in [-0.2, 0) is 39.2 Å². The van der Waals surface area contributed by atoms with Crippen molar-refractivity contribution >= 4 is 10.2 Å². The van der Waals surface area contributed by atoms with Crippen molar-refractivity contribution in [2.45, 2.75) is 26.4 Å². The topological polar surface area (TPSA) is 103 Å². The van der Waals surface area contributed by atoms with Crippen LogP contribution in [0.3, 0.4) is 0 Å². The van der Waals surface area contributed by atoms with Gasteiger partial charge >= 0.3 is 0 Å². The minimum atomic E-state index is -3.54. The van der Waals surface area contributed by atoms with Gasteiger partial charge in [0.2, 0.25) is 0 Å². The van der Waals surface area contributed by atoms with Gasteiger partial charge in [-0.2, -0.15) is 22.1 Å². The fraction of sp³-hybridized carbons (Fsp3) is 0.647. The van der Waals surface area contributed by atoms with E-state index in [4.69, 9.17) is 19.0 Å². The summed E-state index contributed by atoms with van der Waals surface area (Å²) in [5.41, 5.74) is 3.19. The van der Waals surface area contributed by atoms with Crippen LogP contribution < -0.4 is 0 Å². The largest absolute Gasteiger partial charge is 0.451 e. The Labute approximate surface area is 164 Å². The predicted molar refractivity (Wildman–Crippen MR) is 99.6 cm³/mol. The predicted octanol–water partition coefficient (Wildman–Crippen LogP) is 0.510. The lowest BCUT2D eigenvalue weighted by atomic mass is 10.1. The highest BCUT2D eigenvalue weighted by Crippen LogP contribution is 2.31. The molecule has 154 valence electrons. The third-order valence-corrected chi connectivity index (χ3v) is 7.03. The van der Waals surface area contributed by atoms with E-state index in [2.05, 4.69) is 4.98 Å². The molecule has 0 amide bonds. The first kappa shape index (κ1) is 19.5. The summed E-state index contributed by atoms with van der Waals surface area (Å²) in [5.74, 6) is 0. The number of oxazole rings is 1. The molecule has 4 heterocycles. The number of hydrogen-bond donors (Lipinski definition) is 0. The molecule has 0 aromatic carbocycles. The third-order valence-electron chi connectivity index (χ3n) is 5.05. The van der Waals surface area contributed by atoms with Gasteiger partial charge in [0.25, 0.3) is 10.2 Å². The van der Waals surface area contributed by atoms with E-state index in [1.807, 2.05) is 11.6 Å². The minimum absolute atomic E-state index is 0.270. The molecule has 0 spiro atoms. The molecule has 28 heavy (non-hydrogen) atoms. The van der Waals surface area contributed by atoms with Crippen LogP contribution in [-0.4, -0.2) is 77.9 Å². The molecule has 4 rings (SSSR count). The lowest BCUT2D eigenvalue weighted by molar-refractivity contribution is 0.0698. The summed E-state index contributed by atoms with van der Waals surface area (Å²) in [5, 5.41) is 4.69. The monoisotopic (exact) mass is 411 g/mol. The van der Waals surface area contributed by atoms with E-state index in [0.717, 1.165) is 11.3 Å². The summed E-state index contributed by atoms with van der Waals surface area (Å²) in [6.45, 7) is 6.08. The number of rotatable bonds is 7. The Hall–Kier alpha value is -1.79. The van der Waals surface area contributed by atoms with Gasteiger partial charge in [-0.1, -0.05) is 0 Å². The number of aromatic nitrogens is 3. The highest BCUT2D eigenvalue weighted by molar-refractivity contribution is 7.86. The van der Waals surface area contributed by atoms with Crippen LogP contribution in [0.2, 0.25) is 0 Å². The molecule has 1 fully saturated rings. The molecule has 11 heteroatoms. The van der Waals surface area contributed by atoms with Crippen LogP contribution in [0.15, 0.2) is 17.1 Å². The van der Waals surface area contributed by atoms with Crippen LogP contribution in [0.1, 0.15) is 18.2 Å². The van der Waals surface area contributed by atoms with Gasteiger partial charge in [-0.05, 0) is 6.92 Å². The maximum atomic E-state index is 13.1. The first-order valence-electron chi connectivity index (χ1n) is 9.49. The Kier molecular flexibility index (Phi) is 5.78. The van der Waals surface area contributed by atoms with Crippen molar-refractivity contribution in [1.82, 2.24) is 23.4 Å². The van der Waals surface area contributed by atoms with Crippen LogP contribution in [0.4, 0.5) is 0 Å². The summed E-state index contributed by atoms with van der Waals surface area (Å²) in [4.78, 5) is 4.21. The second-order valence-corrected chi connectivity index (χ2v) is 8.60. The minimum Gasteiger partial charge on any atom is -0.451 e. The lowest BCUT2D eigenvalue weighted by Crippen LogP contribution is -2.49. The van der Waals surface area contributed by atoms with Gasteiger partial charge in [-0.15, -0.1) is 0 Å². The van der Waals surface area contributed by atoms with Gasteiger partial charge in [0, 0.05) is 50.5 Å². The highest BCUT2D eigenvalue weighted by atomic mass is 32.2. The van der Waals surface area contributed by atoms with E-state index in [9.17, 15) is 8.42 Å². The number of nitrogens with zero attached hydrogens (tertiary/aromatic N) is 5. The Balaban J connectivity index is 1.63. The van der Waals surface area contributed by atoms with Crippen molar-refractivity contribution in [3.8, 4) is 11.4 Å². The number of morpholine rings is 1. The Morgan fingerprint density at radius 1 is 1.21 bits per heavy atom. The van der Waals surface area contributed by atoms with E-state index < -0.39 is 10.2 Å². The molecule has 2 aliphatic heterocycles. The van der Waals surface area contributed by atoms with E-state index in [-0.39, 0.29) is 6.54 Å². The molecule has 2 aromatic rings. The quantitative estimate of drug-likeness (QED) is 0.612. The summed E-state index contributed by atoms with van der Waals surface area (Å²) in [7, 11) is -3.54. The molecule has 0 saturated carbocycles. The highest BCUT2D eigenvalue weighted by Gasteiger charge is 2.36. The maximum Gasteiger partial charge on any atom is 0.282 e. The lowest BCUT2D eigenvalue weighted by Gasteiger charge is -2.34. The van der Waals surface area contributed by atoms with E-state index >= 15 is 0 Å². The second-order valence-electron chi connectivity index (χ2n) is 6.67. The molecule has 1 saturated heterocycles. The van der Waals surface area contributed by atoms with Crippen molar-refractivity contribution in [2.24, 2.45) is 0 Å². The number of ether oxygens (including phenoxy) is 2. The zero-order valence-corrected chi connectivity index (χ0v) is 16.7. The van der Waals surface area contributed by atoms with Crippen molar-refractivity contribution in [1.29, 1.82) is 0 Å². The van der Waals surface area contributed by atoms with Gasteiger partial charge < -0.3 is 13.9 Å². The average Bonchev–Trinajstić information content (AvgIpc) is 3.36. The second kappa shape index (κ2) is 8.29. The van der Waals surface area contributed by atoms with Crippen LogP contribution >= 0.6 is 0 Å². The molecule has 0 bridgehead atoms. The van der Waals surface area contributed by atoms with Crippen LogP contribution in [0.5, 0.6) is 0 Å². The van der Waals surface area contributed by atoms with Crippen LogP contribution in [0.25, 0.3) is 11.4 Å². The molecule has 0 atom stereocenters. The molecule has 0 N–H and O–H groups in total. The normalized spacial score (nSPS) is 19.0. The van der Waals surface area contributed by atoms with Crippen molar-refractivity contribution in [3.63, 3.8) is 0 Å². The van der Waals surface area contributed by atoms with Gasteiger partial charge in [0.15, 0.2) is 6.39 Å². The summed E-state index contributed by atoms with van der Waals surface area (Å²) >= 11 is 0. The summed E-state index contributed by atoms with van der Waals surface area (Å²) in [6, 6.07) is 0. The average molecular weight is 411 g/mol. The standard InChI is InChI=1S/C17H25N5O5S/c1-2-25-10-7-22-16-3-4-21(28(23,24)20-5-8-26-9-6-20)11-14(16)17(19-22)15-12-27-13-18-15/h12-13H,2-11H2,1H3. The molecule has 0 aliphatic carbocycles. The zero-order valence-electron chi connectivity index (χ0n) is 15.9. The first-order valence-corrected chi connectivity index (χ1v) is 10.9. The smallest absolute Gasteiger partial charge is 0.282 e. The van der Waals surface area contributed by atoms with E-state index in [1.165, 1.54) is 21.3 Å². The Morgan fingerprint density at radius 3 is 2.75 bits per heavy atom. The zero-order chi connectivity index (χ0) is 19.6. The SMILES string of the molecule is CCOCCn1nc(-c2cocn2)c2c1CCN(S(=O)(=O)N1CCOCC1)C2. The van der Waals surface area contributed by atoms with Crippen molar-refractivity contribution in [2.75, 3.05) is 46.1 Å². The fourth-order valence-corrected chi connectivity index (χ4v) is 5.17. The van der Waals surface area contributed by atoms with Crippen molar-refractivity contribution in [3.05, 3.63) is 23.9 Å². The Morgan fingerprint density at radius 2 is 2.04 bits per heavy atom. The Bertz CT molecular complexity index is 889. The first-order chi connectivity index (χ1) is 13.6. The molecular weight excluding hydrogens is 386 g/mol. The fourth-order valence-electron chi connectivity index (χ4n) is 3.62. The van der Waals surface area contributed by atoms with E-state index in [1.54, 1.807) is 0 Å². The molecular formula is C17H25N5O5S. The van der Waals surface area contributed by atoms with Gasteiger partial charge in [0.1, 0.15) is 17.7 Å². The van der Waals surface area contributed by atoms with E-state index in [0.29, 0.717) is 70.4 Å². The van der Waals surface area contributed by atoms with Crippen molar-refractivity contribution < 1.29 is 22.3 Å². The van der Waals surface area contributed by atoms with Gasteiger partial charge in [0.05, 0.1) is 26.4 Å². The molecule has 2 aliphatic rings. The summed E-state index contributed by atoms with van der Waals surface area (Å²) in [6.07, 6.45) is 3.48. The number of fused-ring (bicyclic) bond motifs is 1. The number of hydrogen-bond acceptors (Lipinski definition) is 7. The van der Waals surface area contributed by atoms with Gasteiger partial charge in [-0.3, -0.25) is 4.68 Å². The molecule has 0 radical (unpaired) electrons. The molecule has 10 nitrogen and oxygen atoms in total.